The van der Waals surface area contributed by atoms with E-state index in [-0.39, 0.29) is 5.88 Å². The van der Waals surface area contributed by atoms with E-state index in [1.807, 2.05) is 6.07 Å². The number of hydrogen-bond donors (Lipinski definition) is 1. The van der Waals surface area contributed by atoms with Gasteiger partial charge in [-0.05, 0) is 18.2 Å². The summed E-state index contributed by atoms with van der Waals surface area (Å²) in [5.74, 6) is 0.809. The summed E-state index contributed by atoms with van der Waals surface area (Å²) in [6.07, 6.45) is -0.686. The van der Waals surface area contributed by atoms with Crippen molar-refractivity contribution < 1.29 is 9.84 Å². The highest BCUT2D eigenvalue weighted by Crippen LogP contribution is 2.28. The molecular weight excluding hydrogens is 255 g/mol. The molecule has 72 valence electrons. The number of benzene rings is 1. The fourth-order valence-corrected chi connectivity index (χ4v) is 1.59. The topological polar surface area (TPSA) is 29.5 Å². The molecular formula is C9H10BrClO2. The number of aliphatic hydroxyl groups is 1. The third kappa shape index (κ3) is 2.59. The van der Waals surface area contributed by atoms with Crippen LogP contribution in [0.1, 0.15) is 11.7 Å². The Balaban J connectivity index is 3.07. The number of aliphatic hydroxyl groups excluding tert-OH is 1. The van der Waals surface area contributed by atoms with Crippen LogP contribution < -0.4 is 4.74 Å². The van der Waals surface area contributed by atoms with Gasteiger partial charge < -0.3 is 9.84 Å². The molecule has 1 atom stereocenters. The van der Waals surface area contributed by atoms with Gasteiger partial charge in [0, 0.05) is 10.0 Å². The molecule has 13 heavy (non-hydrogen) atoms. The van der Waals surface area contributed by atoms with E-state index in [0.717, 1.165) is 4.47 Å². The predicted octanol–water partition coefficient (Wildman–Crippen LogP) is 2.73. The lowest BCUT2D eigenvalue weighted by Crippen LogP contribution is -2.01. The first-order valence-electron chi connectivity index (χ1n) is 3.76. The predicted molar refractivity (Wildman–Crippen MR) is 56.4 cm³/mol. The summed E-state index contributed by atoms with van der Waals surface area (Å²) in [5, 5.41) is 9.53. The lowest BCUT2D eigenvalue weighted by molar-refractivity contribution is 0.197. The van der Waals surface area contributed by atoms with Crippen LogP contribution in [0.15, 0.2) is 22.7 Å². The summed E-state index contributed by atoms with van der Waals surface area (Å²) in [6, 6.07) is 5.43. The zero-order valence-corrected chi connectivity index (χ0v) is 9.47. The zero-order valence-electron chi connectivity index (χ0n) is 7.13. The van der Waals surface area contributed by atoms with Crippen molar-refractivity contribution in [3.05, 3.63) is 28.2 Å². The average molecular weight is 266 g/mol. The van der Waals surface area contributed by atoms with E-state index < -0.39 is 6.10 Å². The molecule has 0 bridgehead atoms. The second-order valence-electron chi connectivity index (χ2n) is 2.56. The largest absolute Gasteiger partial charge is 0.496 e. The SMILES string of the molecule is COc1ccc(Br)cc1C(O)CCl. The van der Waals surface area contributed by atoms with Crippen LogP contribution in [0.25, 0.3) is 0 Å². The van der Waals surface area contributed by atoms with E-state index in [4.69, 9.17) is 16.3 Å². The van der Waals surface area contributed by atoms with Crippen LogP contribution in [0.5, 0.6) is 5.75 Å². The van der Waals surface area contributed by atoms with E-state index in [1.165, 1.54) is 0 Å². The van der Waals surface area contributed by atoms with Gasteiger partial charge in [-0.3, -0.25) is 0 Å². The second-order valence-corrected chi connectivity index (χ2v) is 3.78. The Labute approximate surface area is 90.6 Å². The Bertz CT molecular complexity index is 291. The third-order valence-electron chi connectivity index (χ3n) is 1.70. The molecule has 1 aromatic carbocycles. The monoisotopic (exact) mass is 264 g/mol. The lowest BCUT2D eigenvalue weighted by Gasteiger charge is -2.12. The Kier molecular flexibility index (Phi) is 4.03. The van der Waals surface area contributed by atoms with Gasteiger partial charge in [-0.1, -0.05) is 15.9 Å². The summed E-state index contributed by atoms with van der Waals surface area (Å²) >= 11 is 8.86. The number of rotatable bonds is 3. The van der Waals surface area contributed by atoms with E-state index >= 15 is 0 Å². The van der Waals surface area contributed by atoms with Gasteiger partial charge in [0.25, 0.3) is 0 Å². The summed E-state index contributed by atoms with van der Waals surface area (Å²) in [7, 11) is 1.56. The van der Waals surface area contributed by atoms with Crippen LogP contribution in [0.4, 0.5) is 0 Å². The number of alkyl halides is 1. The number of halogens is 2. The maximum Gasteiger partial charge on any atom is 0.124 e. The Morgan fingerprint density at radius 1 is 1.62 bits per heavy atom. The van der Waals surface area contributed by atoms with Crippen LogP contribution >= 0.6 is 27.5 Å². The molecule has 0 aliphatic carbocycles. The molecule has 1 rings (SSSR count). The van der Waals surface area contributed by atoms with Crippen molar-refractivity contribution in [2.45, 2.75) is 6.10 Å². The molecule has 0 saturated heterocycles. The molecule has 1 N–H and O–H groups in total. The molecule has 0 aliphatic heterocycles. The fourth-order valence-electron chi connectivity index (χ4n) is 1.05. The van der Waals surface area contributed by atoms with Gasteiger partial charge in [0.2, 0.25) is 0 Å². The van der Waals surface area contributed by atoms with Crippen molar-refractivity contribution in [2.75, 3.05) is 13.0 Å². The van der Waals surface area contributed by atoms with Crippen LogP contribution in [-0.4, -0.2) is 18.1 Å². The summed E-state index contributed by atoms with van der Waals surface area (Å²) < 4.78 is 5.98. The Morgan fingerprint density at radius 2 is 2.31 bits per heavy atom. The number of ether oxygens (including phenoxy) is 1. The van der Waals surface area contributed by atoms with E-state index in [0.29, 0.717) is 11.3 Å². The highest BCUT2D eigenvalue weighted by atomic mass is 79.9. The third-order valence-corrected chi connectivity index (χ3v) is 2.48. The van der Waals surface area contributed by atoms with Crippen molar-refractivity contribution in [1.29, 1.82) is 0 Å². The van der Waals surface area contributed by atoms with E-state index in [2.05, 4.69) is 15.9 Å². The molecule has 0 aliphatic rings. The van der Waals surface area contributed by atoms with Gasteiger partial charge in [0.1, 0.15) is 5.75 Å². The highest BCUT2D eigenvalue weighted by Gasteiger charge is 2.12. The van der Waals surface area contributed by atoms with E-state index in [1.54, 1.807) is 19.2 Å². The quantitative estimate of drug-likeness (QED) is 0.852. The molecule has 1 aromatic rings. The molecule has 0 aromatic heterocycles. The smallest absolute Gasteiger partial charge is 0.124 e. The Morgan fingerprint density at radius 3 is 2.85 bits per heavy atom. The summed E-state index contributed by atoms with van der Waals surface area (Å²) in [6.45, 7) is 0. The first-order valence-corrected chi connectivity index (χ1v) is 5.09. The molecule has 0 radical (unpaired) electrons. The average Bonchev–Trinajstić information content (AvgIpc) is 2.16. The minimum atomic E-state index is -0.686. The van der Waals surface area contributed by atoms with Gasteiger partial charge in [-0.2, -0.15) is 0 Å². The summed E-state index contributed by atoms with van der Waals surface area (Å²) in [5.41, 5.74) is 0.701. The molecule has 0 heterocycles. The van der Waals surface area contributed by atoms with Crippen molar-refractivity contribution in [1.82, 2.24) is 0 Å². The van der Waals surface area contributed by atoms with E-state index in [9.17, 15) is 5.11 Å². The highest BCUT2D eigenvalue weighted by molar-refractivity contribution is 9.10. The molecule has 4 heteroatoms. The minimum Gasteiger partial charge on any atom is -0.496 e. The first kappa shape index (κ1) is 10.8. The lowest BCUT2D eigenvalue weighted by atomic mass is 10.1. The van der Waals surface area contributed by atoms with Crippen LogP contribution in [-0.2, 0) is 0 Å². The molecule has 0 fully saturated rings. The molecule has 0 amide bonds. The molecule has 1 unspecified atom stereocenters. The Hall–Kier alpha value is -0.250. The molecule has 0 saturated carbocycles. The van der Waals surface area contributed by atoms with Crippen molar-refractivity contribution in [3.63, 3.8) is 0 Å². The number of hydrogen-bond acceptors (Lipinski definition) is 2. The van der Waals surface area contributed by atoms with Gasteiger partial charge in [-0.25, -0.2) is 0 Å². The second kappa shape index (κ2) is 4.84. The normalized spacial score (nSPS) is 12.6. The maximum absolute atomic E-state index is 9.53. The number of methoxy groups -OCH3 is 1. The minimum absolute atomic E-state index is 0.160. The summed E-state index contributed by atoms with van der Waals surface area (Å²) in [4.78, 5) is 0. The van der Waals surface area contributed by atoms with Gasteiger partial charge >= 0.3 is 0 Å². The van der Waals surface area contributed by atoms with Crippen LogP contribution in [0.3, 0.4) is 0 Å². The zero-order chi connectivity index (χ0) is 9.84. The van der Waals surface area contributed by atoms with Crippen LogP contribution in [0.2, 0.25) is 0 Å². The van der Waals surface area contributed by atoms with Gasteiger partial charge in [0.15, 0.2) is 0 Å². The van der Waals surface area contributed by atoms with Crippen molar-refractivity contribution in [3.8, 4) is 5.75 Å². The van der Waals surface area contributed by atoms with Crippen molar-refractivity contribution in [2.24, 2.45) is 0 Å². The van der Waals surface area contributed by atoms with Crippen LogP contribution in [0, 0.1) is 0 Å². The fraction of sp³-hybridized carbons (Fsp3) is 0.333. The molecule has 0 spiro atoms. The van der Waals surface area contributed by atoms with Gasteiger partial charge in [-0.15, -0.1) is 11.6 Å². The van der Waals surface area contributed by atoms with Crippen molar-refractivity contribution >= 4 is 27.5 Å². The van der Waals surface area contributed by atoms with Gasteiger partial charge in [0.05, 0.1) is 19.1 Å². The standard InChI is InChI=1S/C9H10BrClO2/c1-13-9-3-2-6(10)4-7(9)8(12)5-11/h2-4,8,12H,5H2,1H3. The molecule has 2 nitrogen and oxygen atoms in total. The first-order chi connectivity index (χ1) is 6.19. The maximum atomic E-state index is 9.53.